The standard InChI is InChI=1S/C11H22N2O2/c1-9(3-2-6-14)12-8-11(15)13-7-10-4-5-10/h9-10,12,14H,2-8H2,1H3,(H,13,15). The molecular weight excluding hydrogens is 192 g/mol. The van der Waals surface area contributed by atoms with Crippen LogP contribution in [0.15, 0.2) is 0 Å². The van der Waals surface area contributed by atoms with E-state index < -0.39 is 0 Å². The molecular formula is C11H22N2O2. The van der Waals surface area contributed by atoms with Crippen LogP contribution in [0, 0.1) is 5.92 Å². The maximum atomic E-state index is 11.3. The Morgan fingerprint density at radius 3 is 2.87 bits per heavy atom. The molecule has 0 heterocycles. The molecule has 0 radical (unpaired) electrons. The first-order chi connectivity index (χ1) is 7.22. The van der Waals surface area contributed by atoms with Gasteiger partial charge in [-0.15, -0.1) is 0 Å². The Kier molecular flexibility index (Phi) is 5.65. The summed E-state index contributed by atoms with van der Waals surface area (Å²) in [6.45, 7) is 3.48. The van der Waals surface area contributed by atoms with Gasteiger partial charge in [0.25, 0.3) is 0 Å². The molecule has 1 aliphatic carbocycles. The van der Waals surface area contributed by atoms with E-state index in [4.69, 9.17) is 5.11 Å². The highest BCUT2D eigenvalue weighted by molar-refractivity contribution is 5.78. The lowest BCUT2D eigenvalue weighted by atomic mass is 10.2. The lowest BCUT2D eigenvalue weighted by molar-refractivity contribution is -0.120. The Bertz CT molecular complexity index is 193. The Labute approximate surface area is 91.4 Å². The molecule has 4 heteroatoms. The molecule has 1 amide bonds. The van der Waals surface area contributed by atoms with Gasteiger partial charge in [-0.05, 0) is 38.5 Å². The van der Waals surface area contributed by atoms with Crippen LogP contribution in [0.5, 0.6) is 0 Å². The molecule has 1 atom stereocenters. The van der Waals surface area contributed by atoms with Crippen molar-refractivity contribution in [2.75, 3.05) is 19.7 Å². The first-order valence-corrected chi connectivity index (χ1v) is 5.83. The van der Waals surface area contributed by atoms with Gasteiger partial charge < -0.3 is 15.7 Å². The van der Waals surface area contributed by atoms with Gasteiger partial charge in [0.05, 0.1) is 6.54 Å². The molecule has 0 aliphatic heterocycles. The fourth-order valence-corrected chi connectivity index (χ4v) is 1.41. The molecule has 0 aromatic heterocycles. The summed E-state index contributed by atoms with van der Waals surface area (Å²) in [5.41, 5.74) is 0. The largest absolute Gasteiger partial charge is 0.396 e. The zero-order chi connectivity index (χ0) is 11.1. The molecule has 0 aromatic rings. The van der Waals surface area contributed by atoms with Gasteiger partial charge in [-0.2, -0.15) is 0 Å². The van der Waals surface area contributed by atoms with Crippen molar-refractivity contribution in [3.05, 3.63) is 0 Å². The number of nitrogens with one attached hydrogen (secondary N) is 2. The van der Waals surface area contributed by atoms with Crippen LogP contribution < -0.4 is 10.6 Å². The maximum absolute atomic E-state index is 11.3. The molecule has 88 valence electrons. The minimum atomic E-state index is 0.0812. The molecule has 0 bridgehead atoms. The van der Waals surface area contributed by atoms with E-state index in [1.165, 1.54) is 12.8 Å². The van der Waals surface area contributed by atoms with Gasteiger partial charge in [0.15, 0.2) is 0 Å². The predicted molar refractivity (Wildman–Crippen MR) is 59.5 cm³/mol. The zero-order valence-electron chi connectivity index (χ0n) is 9.46. The van der Waals surface area contributed by atoms with E-state index in [0.717, 1.165) is 25.3 Å². The van der Waals surface area contributed by atoms with Crippen molar-refractivity contribution in [1.82, 2.24) is 10.6 Å². The SMILES string of the molecule is CC(CCCO)NCC(=O)NCC1CC1. The maximum Gasteiger partial charge on any atom is 0.233 e. The highest BCUT2D eigenvalue weighted by Crippen LogP contribution is 2.27. The molecule has 15 heavy (non-hydrogen) atoms. The van der Waals surface area contributed by atoms with Crippen molar-refractivity contribution < 1.29 is 9.90 Å². The lowest BCUT2D eigenvalue weighted by Gasteiger charge is -2.12. The third-order valence-electron chi connectivity index (χ3n) is 2.69. The third kappa shape index (κ3) is 6.47. The summed E-state index contributed by atoms with van der Waals surface area (Å²) in [5, 5.41) is 14.7. The molecule has 0 saturated heterocycles. The number of hydrogen-bond acceptors (Lipinski definition) is 3. The van der Waals surface area contributed by atoms with Crippen molar-refractivity contribution in [3.8, 4) is 0 Å². The average molecular weight is 214 g/mol. The van der Waals surface area contributed by atoms with Crippen molar-refractivity contribution in [3.63, 3.8) is 0 Å². The molecule has 0 aromatic carbocycles. The summed E-state index contributed by atoms with van der Waals surface area (Å²) in [5.74, 6) is 0.818. The van der Waals surface area contributed by atoms with E-state index in [1.54, 1.807) is 0 Å². The number of carbonyl (C=O) groups excluding carboxylic acids is 1. The van der Waals surface area contributed by atoms with E-state index in [1.807, 2.05) is 6.92 Å². The monoisotopic (exact) mass is 214 g/mol. The predicted octanol–water partition coefficient (Wildman–Crippen LogP) is 0.263. The number of hydrogen-bond donors (Lipinski definition) is 3. The normalized spacial score (nSPS) is 17.5. The Balaban J connectivity index is 1.94. The van der Waals surface area contributed by atoms with Gasteiger partial charge >= 0.3 is 0 Å². The molecule has 0 spiro atoms. The van der Waals surface area contributed by atoms with Gasteiger partial charge in [-0.3, -0.25) is 4.79 Å². The minimum Gasteiger partial charge on any atom is -0.396 e. The van der Waals surface area contributed by atoms with E-state index >= 15 is 0 Å². The molecule has 1 rings (SSSR count). The van der Waals surface area contributed by atoms with Crippen molar-refractivity contribution >= 4 is 5.91 Å². The smallest absolute Gasteiger partial charge is 0.233 e. The van der Waals surface area contributed by atoms with E-state index in [-0.39, 0.29) is 12.5 Å². The minimum absolute atomic E-state index is 0.0812. The quantitative estimate of drug-likeness (QED) is 0.543. The molecule has 1 saturated carbocycles. The highest BCUT2D eigenvalue weighted by Gasteiger charge is 2.21. The van der Waals surface area contributed by atoms with Crippen LogP contribution in [0.25, 0.3) is 0 Å². The van der Waals surface area contributed by atoms with Crippen molar-refractivity contribution in [2.45, 2.75) is 38.6 Å². The lowest BCUT2D eigenvalue weighted by Crippen LogP contribution is -2.38. The molecule has 1 unspecified atom stereocenters. The summed E-state index contributed by atoms with van der Waals surface area (Å²) in [6.07, 6.45) is 4.23. The second kappa shape index (κ2) is 6.80. The fourth-order valence-electron chi connectivity index (χ4n) is 1.41. The van der Waals surface area contributed by atoms with Gasteiger partial charge in [-0.1, -0.05) is 0 Å². The Morgan fingerprint density at radius 1 is 1.53 bits per heavy atom. The van der Waals surface area contributed by atoms with Crippen LogP contribution in [0.2, 0.25) is 0 Å². The van der Waals surface area contributed by atoms with Gasteiger partial charge in [0, 0.05) is 19.2 Å². The van der Waals surface area contributed by atoms with Crippen LogP contribution in [0.4, 0.5) is 0 Å². The topological polar surface area (TPSA) is 61.4 Å². The summed E-state index contributed by atoms with van der Waals surface area (Å²) in [4.78, 5) is 11.3. The number of rotatable bonds is 8. The summed E-state index contributed by atoms with van der Waals surface area (Å²) < 4.78 is 0. The first-order valence-electron chi connectivity index (χ1n) is 5.83. The molecule has 4 nitrogen and oxygen atoms in total. The van der Waals surface area contributed by atoms with Gasteiger partial charge in [0.2, 0.25) is 5.91 Å². The highest BCUT2D eigenvalue weighted by atomic mass is 16.2. The van der Waals surface area contributed by atoms with Gasteiger partial charge in [0.1, 0.15) is 0 Å². The van der Waals surface area contributed by atoms with Gasteiger partial charge in [-0.25, -0.2) is 0 Å². The Morgan fingerprint density at radius 2 is 2.27 bits per heavy atom. The van der Waals surface area contributed by atoms with Crippen LogP contribution in [-0.4, -0.2) is 36.8 Å². The van der Waals surface area contributed by atoms with E-state index in [9.17, 15) is 4.79 Å². The molecule has 1 aliphatic rings. The second-order valence-corrected chi connectivity index (χ2v) is 4.40. The Hall–Kier alpha value is -0.610. The second-order valence-electron chi connectivity index (χ2n) is 4.40. The van der Waals surface area contributed by atoms with E-state index in [0.29, 0.717) is 12.6 Å². The first kappa shape index (κ1) is 12.5. The van der Waals surface area contributed by atoms with Crippen LogP contribution in [-0.2, 0) is 4.79 Å². The molecule has 1 fully saturated rings. The van der Waals surface area contributed by atoms with Crippen LogP contribution in [0.1, 0.15) is 32.6 Å². The zero-order valence-corrected chi connectivity index (χ0v) is 9.46. The summed E-state index contributed by atoms with van der Waals surface area (Å²) >= 11 is 0. The number of carbonyl (C=O) groups is 1. The molecule has 3 N–H and O–H groups in total. The number of amides is 1. The van der Waals surface area contributed by atoms with Crippen molar-refractivity contribution in [1.29, 1.82) is 0 Å². The summed E-state index contributed by atoms with van der Waals surface area (Å²) in [7, 11) is 0. The third-order valence-corrected chi connectivity index (χ3v) is 2.69. The summed E-state index contributed by atoms with van der Waals surface area (Å²) in [6, 6.07) is 0.295. The number of aliphatic hydroxyl groups is 1. The number of aliphatic hydroxyl groups excluding tert-OH is 1. The van der Waals surface area contributed by atoms with E-state index in [2.05, 4.69) is 10.6 Å². The fraction of sp³-hybridized carbons (Fsp3) is 0.909. The average Bonchev–Trinajstić information content (AvgIpc) is 3.04. The van der Waals surface area contributed by atoms with Crippen LogP contribution >= 0.6 is 0 Å². The van der Waals surface area contributed by atoms with Crippen molar-refractivity contribution in [2.24, 2.45) is 5.92 Å². The van der Waals surface area contributed by atoms with Crippen LogP contribution in [0.3, 0.4) is 0 Å².